The predicted molar refractivity (Wildman–Crippen MR) is 77.2 cm³/mol. The molecule has 0 bridgehead atoms. The second-order valence-electron chi connectivity index (χ2n) is 4.29. The molecule has 0 saturated carbocycles. The number of carbonyl (C=O) groups excluding carboxylic acids is 1. The largest absolute Gasteiger partial charge is 0.411 e. The Morgan fingerprint density at radius 2 is 2.10 bits per heavy atom. The minimum absolute atomic E-state index is 0.149. The third kappa shape index (κ3) is 6.09. The summed E-state index contributed by atoms with van der Waals surface area (Å²) in [5, 5.41) is 0. The molecule has 8 heteroatoms. The van der Waals surface area contributed by atoms with Crippen LogP contribution in [0.5, 0.6) is 0 Å². The van der Waals surface area contributed by atoms with Gasteiger partial charge in [0.15, 0.2) is 0 Å². The lowest BCUT2D eigenvalue weighted by molar-refractivity contribution is -0.174. The van der Waals surface area contributed by atoms with E-state index in [0.717, 1.165) is 0 Å². The molecule has 0 aliphatic rings. The lowest BCUT2D eigenvalue weighted by atomic mass is 10.2. The fraction of sp³-hybridized carbons (Fsp3) is 0.385. The van der Waals surface area contributed by atoms with Crippen molar-refractivity contribution in [3.05, 3.63) is 29.8 Å². The molecule has 2 N–H and O–H groups in total. The van der Waals surface area contributed by atoms with Crippen LogP contribution in [0.25, 0.3) is 0 Å². The van der Waals surface area contributed by atoms with Crippen LogP contribution in [0.1, 0.15) is 12.0 Å². The fourth-order valence-electron chi connectivity index (χ4n) is 1.53. The minimum Gasteiger partial charge on any atom is -0.389 e. The van der Waals surface area contributed by atoms with Gasteiger partial charge >= 0.3 is 6.18 Å². The van der Waals surface area contributed by atoms with Gasteiger partial charge in [-0.25, -0.2) is 0 Å². The zero-order chi connectivity index (χ0) is 16.0. The first kappa shape index (κ1) is 17.4. The molecule has 0 unspecified atom stereocenters. The fourth-order valence-corrected chi connectivity index (χ4v) is 1.65. The Labute approximate surface area is 125 Å². The number of nitrogens with zero attached hydrogens (tertiary/aromatic N) is 1. The van der Waals surface area contributed by atoms with Gasteiger partial charge in [0.1, 0.15) is 11.6 Å². The maximum absolute atomic E-state index is 11.9. The Morgan fingerprint density at radius 1 is 1.43 bits per heavy atom. The lowest BCUT2D eigenvalue weighted by Crippen LogP contribution is -2.28. The monoisotopic (exact) mass is 320 g/mol. The molecule has 1 aromatic rings. The van der Waals surface area contributed by atoms with E-state index >= 15 is 0 Å². The molecule has 0 saturated heterocycles. The van der Waals surface area contributed by atoms with Crippen molar-refractivity contribution in [3.8, 4) is 0 Å². The van der Waals surface area contributed by atoms with Crippen LogP contribution in [0.4, 0.5) is 18.9 Å². The number of nitrogens with two attached hydrogens (primary N) is 1. The van der Waals surface area contributed by atoms with E-state index in [0.29, 0.717) is 11.3 Å². The van der Waals surface area contributed by atoms with Crippen molar-refractivity contribution in [1.29, 1.82) is 0 Å². The summed E-state index contributed by atoms with van der Waals surface area (Å²) in [6.07, 6.45) is -4.54. The van der Waals surface area contributed by atoms with Crippen molar-refractivity contribution in [2.75, 3.05) is 25.2 Å². The van der Waals surface area contributed by atoms with Gasteiger partial charge in [0.2, 0.25) is 5.91 Å². The summed E-state index contributed by atoms with van der Waals surface area (Å²) < 4.78 is 40.0. The summed E-state index contributed by atoms with van der Waals surface area (Å²) in [5.41, 5.74) is 6.66. The molecule has 0 atom stereocenters. The number of halogens is 3. The van der Waals surface area contributed by atoms with E-state index in [-0.39, 0.29) is 23.9 Å². The van der Waals surface area contributed by atoms with E-state index in [1.165, 1.54) is 11.9 Å². The molecule has 0 spiro atoms. The highest BCUT2D eigenvalue weighted by Gasteiger charge is 2.27. The highest BCUT2D eigenvalue weighted by Crippen LogP contribution is 2.17. The number of amides is 1. The summed E-state index contributed by atoms with van der Waals surface area (Å²) in [4.78, 5) is 13.4. The Bertz CT molecular complexity index is 520. The highest BCUT2D eigenvalue weighted by atomic mass is 32.1. The Hall–Kier alpha value is -1.67. The van der Waals surface area contributed by atoms with Crippen LogP contribution in [-0.4, -0.2) is 37.3 Å². The van der Waals surface area contributed by atoms with Crippen LogP contribution in [0, 0.1) is 0 Å². The molecule has 21 heavy (non-hydrogen) atoms. The first-order chi connectivity index (χ1) is 9.70. The number of anilines is 1. The van der Waals surface area contributed by atoms with Crippen molar-refractivity contribution >= 4 is 28.8 Å². The number of rotatable bonds is 6. The summed E-state index contributed by atoms with van der Waals surface area (Å²) in [5.74, 6) is -0.364. The molecule has 0 fully saturated rings. The highest BCUT2D eigenvalue weighted by molar-refractivity contribution is 7.80. The molecular weight excluding hydrogens is 305 g/mol. The van der Waals surface area contributed by atoms with Crippen LogP contribution in [0.15, 0.2) is 24.3 Å². The lowest BCUT2D eigenvalue weighted by Gasteiger charge is -2.18. The Balaban J connectivity index is 2.54. The number of carbonyl (C=O) groups is 1. The van der Waals surface area contributed by atoms with Gasteiger partial charge in [0.05, 0.1) is 13.0 Å². The molecule has 0 aromatic heterocycles. The zero-order valence-corrected chi connectivity index (χ0v) is 12.1. The Morgan fingerprint density at radius 3 is 2.67 bits per heavy atom. The first-order valence-corrected chi connectivity index (χ1v) is 6.42. The standard InChI is InChI=1S/C13H15F3N2O2S/c1-18(10-4-2-3-9(7-10)12(17)21)11(19)5-6-20-8-13(14,15)16/h2-4,7H,5-6,8H2,1H3,(H2,17,21). The van der Waals surface area contributed by atoms with E-state index in [9.17, 15) is 18.0 Å². The second-order valence-corrected chi connectivity index (χ2v) is 4.72. The van der Waals surface area contributed by atoms with E-state index in [4.69, 9.17) is 18.0 Å². The van der Waals surface area contributed by atoms with Crippen molar-refractivity contribution < 1.29 is 22.7 Å². The van der Waals surface area contributed by atoms with E-state index in [1.54, 1.807) is 24.3 Å². The molecule has 0 aliphatic carbocycles. The Kier molecular flexibility index (Phi) is 6.10. The molecule has 1 aromatic carbocycles. The van der Waals surface area contributed by atoms with Gasteiger partial charge in [-0.05, 0) is 12.1 Å². The molecular formula is C13H15F3N2O2S. The van der Waals surface area contributed by atoms with Crippen LogP contribution in [0.2, 0.25) is 0 Å². The van der Waals surface area contributed by atoms with Crippen molar-refractivity contribution in [1.82, 2.24) is 0 Å². The average molecular weight is 320 g/mol. The van der Waals surface area contributed by atoms with Crippen molar-refractivity contribution in [2.45, 2.75) is 12.6 Å². The van der Waals surface area contributed by atoms with E-state index in [1.807, 2.05) is 0 Å². The number of hydrogen-bond acceptors (Lipinski definition) is 3. The quantitative estimate of drug-likeness (QED) is 0.645. The third-order valence-electron chi connectivity index (χ3n) is 2.62. The predicted octanol–water partition coefficient (Wildman–Crippen LogP) is 2.25. The SMILES string of the molecule is CN(C(=O)CCOCC(F)(F)F)c1cccc(C(N)=S)c1. The van der Waals surface area contributed by atoms with Crippen molar-refractivity contribution in [2.24, 2.45) is 5.73 Å². The summed E-state index contributed by atoms with van der Waals surface area (Å²) in [6, 6.07) is 6.71. The van der Waals surface area contributed by atoms with Gasteiger partial charge in [-0.15, -0.1) is 0 Å². The number of benzene rings is 1. The summed E-state index contributed by atoms with van der Waals surface area (Å²) in [6.45, 7) is -1.65. The average Bonchev–Trinajstić information content (AvgIpc) is 2.41. The van der Waals surface area contributed by atoms with Gasteiger partial charge < -0.3 is 15.4 Å². The molecule has 116 valence electrons. The number of alkyl halides is 3. The topological polar surface area (TPSA) is 55.6 Å². The molecule has 0 radical (unpaired) electrons. The van der Waals surface area contributed by atoms with Crippen LogP contribution in [-0.2, 0) is 9.53 Å². The number of thiocarbonyl (C=S) groups is 1. The van der Waals surface area contributed by atoms with E-state index < -0.39 is 12.8 Å². The molecule has 0 heterocycles. The van der Waals surface area contributed by atoms with Crippen LogP contribution >= 0.6 is 12.2 Å². The van der Waals surface area contributed by atoms with Gasteiger partial charge in [-0.3, -0.25) is 4.79 Å². The maximum atomic E-state index is 11.9. The van der Waals surface area contributed by atoms with E-state index in [2.05, 4.69) is 4.74 Å². The summed E-state index contributed by atoms with van der Waals surface area (Å²) >= 11 is 4.84. The number of hydrogen-bond donors (Lipinski definition) is 1. The number of ether oxygens (including phenoxy) is 1. The van der Waals surface area contributed by atoms with Gasteiger partial charge in [0, 0.05) is 18.3 Å². The molecule has 1 amide bonds. The van der Waals surface area contributed by atoms with Crippen LogP contribution in [0.3, 0.4) is 0 Å². The molecule has 4 nitrogen and oxygen atoms in total. The normalized spacial score (nSPS) is 11.2. The summed E-state index contributed by atoms with van der Waals surface area (Å²) in [7, 11) is 1.52. The zero-order valence-electron chi connectivity index (χ0n) is 11.3. The third-order valence-corrected chi connectivity index (χ3v) is 2.85. The van der Waals surface area contributed by atoms with Gasteiger partial charge in [-0.2, -0.15) is 13.2 Å². The molecule has 1 rings (SSSR count). The van der Waals surface area contributed by atoms with Gasteiger partial charge in [0.25, 0.3) is 0 Å². The second kappa shape index (κ2) is 7.37. The molecule has 0 aliphatic heterocycles. The first-order valence-electron chi connectivity index (χ1n) is 6.01. The van der Waals surface area contributed by atoms with Gasteiger partial charge in [-0.1, -0.05) is 24.4 Å². The smallest absolute Gasteiger partial charge is 0.389 e. The maximum Gasteiger partial charge on any atom is 0.411 e. The minimum atomic E-state index is -4.39. The van der Waals surface area contributed by atoms with Crippen LogP contribution < -0.4 is 10.6 Å². The van der Waals surface area contributed by atoms with Crippen molar-refractivity contribution in [3.63, 3.8) is 0 Å².